The third-order valence-corrected chi connectivity index (χ3v) is 5.38. The Bertz CT molecular complexity index is 742. The fourth-order valence-corrected chi connectivity index (χ4v) is 3.62. The van der Waals surface area contributed by atoms with Crippen LogP contribution in [0.3, 0.4) is 0 Å². The molecule has 1 aromatic carbocycles. The Labute approximate surface area is 164 Å². The van der Waals surface area contributed by atoms with Crippen molar-refractivity contribution in [1.82, 2.24) is 9.88 Å². The lowest BCUT2D eigenvalue weighted by Gasteiger charge is -2.26. The number of rotatable bonds is 9. The van der Waals surface area contributed by atoms with Gasteiger partial charge in [-0.15, -0.1) is 11.3 Å². The molecule has 27 heavy (non-hydrogen) atoms. The molecule has 1 N–H and O–H groups in total. The monoisotopic (exact) mass is 389 g/mol. The van der Waals surface area contributed by atoms with Crippen LogP contribution < -0.4 is 5.32 Å². The maximum Gasteiger partial charge on any atom is 0.245 e. The fourth-order valence-electron chi connectivity index (χ4n) is 2.79. The molecule has 0 bridgehead atoms. The number of aryl methyl sites for hydroxylation is 2. The lowest BCUT2D eigenvalue weighted by atomic mass is 9.95. The number of amides is 2. The molecule has 2 rings (SSSR count). The molecule has 1 atom stereocenters. The SMILES string of the molecule is CCC(C(=O)N(CCOC)CC(=O)Nc1nc(C)c(C)s1)c1ccccc1. The molecule has 0 aliphatic rings. The first-order chi connectivity index (χ1) is 13.0. The molecule has 1 heterocycles. The molecule has 0 aliphatic carbocycles. The van der Waals surface area contributed by atoms with E-state index in [1.54, 1.807) is 12.0 Å². The number of hydrogen-bond acceptors (Lipinski definition) is 5. The van der Waals surface area contributed by atoms with E-state index >= 15 is 0 Å². The van der Waals surface area contributed by atoms with E-state index in [0.29, 0.717) is 24.7 Å². The molecular formula is C20H27N3O3S. The Morgan fingerprint density at radius 3 is 2.52 bits per heavy atom. The van der Waals surface area contributed by atoms with Gasteiger partial charge in [-0.25, -0.2) is 4.98 Å². The number of benzene rings is 1. The lowest BCUT2D eigenvalue weighted by Crippen LogP contribution is -2.42. The number of thiazole rings is 1. The maximum atomic E-state index is 13.1. The second-order valence-electron chi connectivity index (χ2n) is 6.33. The molecule has 0 spiro atoms. The van der Waals surface area contributed by atoms with Crippen molar-refractivity contribution in [2.75, 3.05) is 32.1 Å². The largest absolute Gasteiger partial charge is 0.383 e. The van der Waals surface area contributed by atoms with Gasteiger partial charge in [0.1, 0.15) is 6.54 Å². The zero-order valence-corrected chi connectivity index (χ0v) is 17.1. The minimum atomic E-state index is -0.278. The number of nitrogens with zero attached hydrogens (tertiary/aromatic N) is 2. The maximum absolute atomic E-state index is 13.1. The third-order valence-electron chi connectivity index (χ3n) is 4.39. The molecule has 2 aromatic rings. The topological polar surface area (TPSA) is 71.5 Å². The van der Waals surface area contributed by atoms with Crippen LogP contribution >= 0.6 is 11.3 Å². The van der Waals surface area contributed by atoms with Gasteiger partial charge in [0.05, 0.1) is 18.2 Å². The molecule has 146 valence electrons. The van der Waals surface area contributed by atoms with Crippen molar-refractivity contribution in [2.45, 2.75) is 33.1 Å². The van der Waals surface area contributed by atoms with Crippen LogP contribution in [0.15, 0.2) is 30.3 Å². The van der Waals surface area contributed by atoms with Crippen LogP contribution in [-0.2, 0) is 14.3 Å². The van der Waals surface area contributed by atoms with E-state index in [0.717, 1.165) is 16.1 Å². The smallest absolute Gasteiger partial charge is 0.245 e. The average molecular weight is 390 g/mol. The van der Waals surface area contributed by atoms with Crippen LogP contribution in [0.4, 0.5) is 5.13 Å². The molecule has 0 saturated carbocycles. The number of aromatic nitrogens is 1. The Kier molecular flexibility index (Phi) is 7.94. The Hall–Kier alpha value is -2.25. The first kappa shape index (κ1) is 21.1. The third kappa shape index (κ3) is 5.87. The van der Waals surface area contributed by atoms with Crippen LogP contribution in [0.2, 0.25) is 0 Å². The molecule has 0 aliphatic heterocycles. The molecule has 6 nitrogen and oxygen atoms in total. The van der Waals surface area contributed by atoms with Gasteiger partial charge in [-0.3, -0.25) is 9.59 Å². The molecule has 0 radical (unpaired) electrons. The predicted octanol–water partition coefficient (Wildman–Crippen LogP) is 3.37. The predicted molar refractivity (Wildman–Crippen MR) is 108 cm³/mol. The Morgan fingerprint density at radius 1 is 1.26 bits per heavy atom. The summed E-state index contributed by atoms with van der Waals surface area (Å²) in [7, 11) is 1.58. The summed E-state index contributed by atoms with van der Waals surface area (Å²) in [6, 6.07) is 9.66. The summed E-state index contributed by atoms with van der Waals surface area (Å²) >= 11 is 1.43. The van der Waals surface area contributed by atoms with Crippen LogP contribution in [0.1, 0.15) is 35.4 Å². The summed E-state index contributed by atoms with van der Waals surface area (Å²) in [5, 5.41) is 3.36. The number of methoxy groups -OCH3 is 1. The van der Waals surface area contributed by atoms with E-state index in [1.807, 2.05) is 51.1 Å². The number of ether oxygens (including phenoxy) is 1. The Morgan fingerprint density at radius 2 is 1.96 bits per heavy atom. The van der Waals surface area contributed by atoms with Crippen LogP contribution in [-0.4, -0.2) is 48.5 Å². The van der Waals surface area contributed by atoms with Crippen LogP contribution in [0, 0.1) is 13.8 Å². The summed E-state index contributed by atoms with van der Waals surface area (Å²) in [5.41, 5.74) is 1.86. The highest BCUT2D eigenvalue weighted by atomic mass is 32.1. The first-order valence-corrected chi connectivity index (χ1v) is 9.84. The zero-order valence-electron chi connectivity index (χ0n) is 16.3. The van der Waals surface area contributed by atoms with Gasteiger partial charge in [-0.2, -0.15) is 0 Å². The van der Waals surface area contributed by atoms with Gasteiger partial charge in [0.2, 0.25) is 11.8 Å². The highest BCUT2D eigenvalue weighted by Gasteiger charge is 2.26. The van der Waals surface area contributed by atoms with Crippen molar-refractivity contribution in [1.29, 1.82) is 0 Å². The van der Waals surface area contributed by atoms with Crippen molar-refractivity contribution in [2.24, 2.45) is 0 Å². The standard InChI is InChI=1S/C20H27N3O3S/c1-5-17(16-9-7-6-8-10-16)19(25)23(11-12-26-4)13-18(24)22-20-21-14(2)15(3)27-20/h6-10,17H,5,11-13H2,1-4H3,(H,21,22,24). The molecule has 0 fully saturated rings. The summed E-state index contributed by atoms with van der Waals surface area (Å²) in [6.07, 6.45) is 0.665. The average Bonchev–Trinajstić information content (AvgIpc) is 2.97. The van der Waals surface area contributed by atoms with Gasteiger partial charge in [0, 0.05) is 18.5 Å². The highest BCUT2D eigenvalue weighted by molar-refractivity contribution is 7.15. The molecule has 1 aromatic heterocycles. The minimum Gasteiger partial charge on any atom is -0.383 e. The molecule has 2 amide bonds. The zero-order chi connectivity index (χ0) is 19.8. The molecule has 7 heteroatoms. The van der Waals surface area contributed by atoms with E-state index in [4.69, 9.17) is 4.74 Å². The van der Waals surface area contributed by atoms with Crippen molar-refractivity contribution in [3.05, 3.63) is 46.5 Å². The number of nitrogens with one attached hydrogen (secondary N) is 1. The van der Waals surface area contributed by atoms with Gasteiger partial charge in [-0.1, -0.05) is 37.3 Å². The van der Waals surface area contributed by atoms with Gasteiger partial charge < -0.3 is 15.0 Å². The minimum absolute atomic E-state index is 0.0246. The van der Waals surface area contributed by atoms with E-state index in [1.165, 1.54) is 11.3 Å². The van der Waals surface area contributed by atoms with Crippen molar-refractivity contribution >= 4 is 28.3 Å². The van der Waals surface area contributed by atoms with Gasteiger partial charge in [0.25, 0.3) is 0 Å². The Balaban J connectivity index is 2.10. The lowest BCUT2D eigenvalue weighted by molar-refractivity contribution is -0.136. The molecule has 1 unspecified atom stereocenters. The van der Waals surface area contributed by atoms with E-state index in [2.05, 4.69) is 10.3 Å². The fraction of sp³-hybridized carbons (Fsp3) is 0.450. The van der Waals surface area contributed by atoms with Gasteiger partial charge in [0.15, 0.2) is 5.13 Å². The normalized spacial score (nSPS) is 11.9. The summed E-state index contributed by atoms with van der Waals surface area (Å²) in [6.45, 7) is 6.56. The summed E-state index contributed by atoms with van der Waals surface area (Å²) < 4.78 is 5.12. The first-order valence-electron chi connectivity index (χ1n) is 9.02. The van der Waals surface area contributed by atoms with Gasteiger partial charge in [-0.05, 0) is 25.8 Å². The van der Waals surface area contributed by atoms with Crippen LogP contribution in [0.25, 0.3) is 0 Å². The second kappa shape index (κ2) is 10.2. The van der Waals surface area contributed by atoms with E-state index < -0.39 is 0 Å². The van der Waals surface area contributed by atoms with Crippen molar-refractivity contribution in [3.63, 3.8) is 0 Å². The summed E-state index contributed by atoms with van der Waals surface area (Å²) in [4.78, 5) is 32.5. The molecule has 0 saturated heterocycles. The number of carbonyl (C=O) groups excluding carboxylic acids is 2. The van der Waals surface area contributed by atoms with Crippen molar-refractivity contribution in [3.8, 4) is 0 Å². The second-order valence-corrected chi connectivity index (χ2v) is 7.54. The molecular weight excluding hydrogens is 362 g/mol. The summed E-state index contributed by atoms with van der Waals surface area (Å²) in [5.74, 6) is -0.598. The van der Waals surface area contributed by atoms with E-state index in [9.17, 15) is 9.59 Å². The van der Waals surface area contributed by atoms with Crippen LogP contribution in [0.5, 0.6) is 0 Å². The van der Waals surface area contributed by atoms with Crippen molar-refractivity contribution < 1.29 is 14.3 Å². The highest BCUT2D eigenvalue weighted by Crippen LogP contribution is 2.23. The number of anilines is 1. The van der Waals surface area contributed by atoms with E-state index in [-0.39, 0.29) is 24.3 Å². The number of hydrogen-bond donors (Lipinski definition) is 1. The van der Waals surface area contributed by atoms with Gasteiger partial charge >= 0.3 is 0 Å². The number of carbonyl (C=O) groups is 2. The quantitative estimate of drug-likeness (QED) is 0.714.